The van der Waals surface area contributed by atoms with Gasteiger partial charge in [0.05, 0.1) is 28.6 Å². The van der Waals surface area contributed by atoms with E-state index < -0.39 is 0 Å². The maximum absolute atomic E-state index is 6.80. The van der Waals surface area contributed by atoms with Crippen molar-refractivity contribution >= 4 is 45.3 Å². The Morgan fingerprint density at radius 2 is 1.94 bits per heavy atom. The van der Waals surface area contributed by atoms with Crippen LogP contribution in [0.5, 0.6) is 0 Å². The van der Waals surface area contributed by atoms with Crippen LogP contribution in [0.4, 0.5) is 5.95 Å². The number of imidazole rings is 1. The molecule has 3 N–H and O–H groups in total. The van der Waals surface area contributed by atoms with Gasteiger partial charge in [-0.05, 0) is 25.8 Å². The van der Waals surface area contributed by atoms with Crippen LogP contribution in [0.1, 0.15) is 19.8 Å². The number of halogens is 1. The molecule has 2 aliphatic heterocycles. The molecule has 5 aromatic rings. The number of nitrogens with zero attached hydrogens (tertiary/aromatic N) is 6. The Kier molecular flexibility index (Phi) is 4.58. The highest BCUT2D eigenvalue weighted by Crippen LogP contribution is 2.43. The summed E-state index contributed by atoms with van der Waals surface area (Å²) in [6.45, 7) is 4.57. The molecule has 2 saturated heterocycles. The summed E-state index contributed by atoms with van der Waals surface area (Å²) in [6, 6.07) is 4.00. The maximum atomic E-state index is 6.80. The van der Waals surface area contributed by atoms with E-state index in [1.807, 2.05) is 30.7 Å². The molecule has 7 rings (SSSR count). The smallest absolute Gasteiger partial charge is 0.213 e. The number of hydrogen-bond acceptors (Lipinski definition) is 7. The zero-order valence-electron chi connectivity index (χ0n) is 19.3. The minimum atomic E-state index is 0.0589. The Bertz CT molecular complexity index is 1590. The van der Waals surface area contributed by atoms with E-state index in [-0.39, 0.29) is 17.6 Å². The zero-order valence-corrected chi connectivity index (χ0v) is 20.0. The summed E-state index contributed by atoms with van der Waals surface area (Å²) < 4.78 is 7.97. The summed E-state index contributed by atoms with van der Waals surface area (Å²) >= 11 is 6.80. The molecular formula is C25H25ClN8O. The SMILES string of the molecule is C[C@@H]1OCC2(CCN(c3nc4[nH]cc(-c5ccc6nccnc6c5Cl)c4c4nccn34)CC2)[C@@H]1N. The average molecular weight is 489 g/mol. The number of ether oxygens (including phenoxy) is 1. The number of fused-ring (bicyclic) bond motifs is 4. The second kappa shape index (κ2) is 7.61. The number of anilines is 1. The van der Waals surface area contributed by atoms with Crippen molar-refractivity contribution in [2.45, 2.75) is 31.9 Å². The molecule has 6 heterocycles. The summed E-state index contributed by atoms with van der Waals surface area (Å²) in [5.74, 6) is 0.879. The first-order valence-electron chi connectivity index (χ1n) is 11.9. The summed E-state index contributed by atoms with van der Waals surface area (Å²) in [5.41, 5.74) is 11.4. The van der Waals surface area contributed by atoms with Gasteiger partial charge in [-0.25, -0.2) is 4.98 Å². The van der Waals surface area contributed by atoms with E-state index in [1.54, 1.807) is 12.4 Å². The number of aromatic amines is 1. The lowest BCUT2D eigenvalue weighted by Gasteiger charge is -2.41. The Morgan fingerprint density at radius 1 is 1.11 bits per heavy atom. The molecule has 4 aromatic heterocycles. The lowest BCUT2D eigenvalue weighted by Crippen LogP contribution is -2.51. The van der Waals surface area contributed by atoms with Crippen molar-refractivity contribution in [1.29, 1.82) is 0 Å². The molecule has 10 heteroatoms. The quantitative estimate of drug-likeness (QED) is 0.388. The summed E-state index contributed by atoms with van der Waals surface area (Å²) in [7, 11) is 0. The fraction of sp³-hybridized carbons (Fsp3) is 0.360. The minimum absolute atomic E-state index is 0.0589. The number of nitrogens with one attached hydrogen (secondary N) is 1. The third-order valence-corrected chi connectivity index (χ3v) is 8.29. The van der Waals surface area contributed by atoms with Crippen LogP contribution >= 0.6 is 11.6 Å². The average Bonchev–Trinajstić information content (AvgIpc) is 3.60. The number of nitrogens with two attached hydrogens (primary N) is 1. The highest BCUT2D eigenvalue weighted by Gasteiger charge is 2.47. The topological polar surface area (TPSA) is 110 Å². The van der Waals surface area contributed by atoms with Gasteiger partial charge in [0.25, 0.3) is 0 Å². The van der Waals surface area contributed by atoms with Crippen molar-refractivity contribution in [2.75, 3.05) is 24.6 Å². The monoisotopic (exact) mass is 488 g/mol. The molecule has 0 radical (unpaired) electrons. The van der Waals surface area contributed by atoms with E-state index in [0.717, 1.165) is 71.8 Å². The van der Waals surface area contributed by atoms with Gasteiger partial charge in [-0.2, -0.15) is 4.98 Å². The molecule has 1 aromatic carbocycles. The highest BCUT2D eigenvalue weighted by molar-refractivity contribution is 6.38. The molecule has 178 valence electrons. The van der Waals surface area contributed by atoms with E-state index in [0.29, 0.717) is 10.5 Å². The van der Waals surface area contributed by atoms with Crippen LogP contribution in [0.25, 0.3) is 38.8 Å². The standard InChI is InChI=1S/C25H25ClN8O/c1-14-21(27)25(13-35-14)4-9-33(10-5-25)24-32-22-18(23-30-8-11-34(23)24)16(12-31-22)15-2-3-17-20(19(15)26)29-7-6-28-17/h2-3,6-8,11-12,14,21,31H,4-5,9-10,13,27H2,1H3/t14-,21+/m0/s1. The fourth-order valence-electron chi connectivity index (χ4n) is 5.80. The van der Waals surface area contributed by atoms with E-state index in [2.05, 4.69) is 31.2 Å². The molecule has 2 aliphatic rings. The Labute approximate surface area is 206 Å². The van der Waals surface area contributed by atoms with Crippen LogP contribution in [0.15, 0.2) is 43.1 Å². The molecule has 0 saturated carbocycles. The zero-order chi connectivity index (χ0) is 23.7. The third-order valence-electron chi connectivity index (χ3n) is 7.91. The van der Waals surface area contributed by atoms with Crippen LogP contribution in [0, 0.1) is 5.41 Å². The molecule has 0 amide bonds. The first-order chi connectivity index (χ1) is 17.1. The third kappa shape index (κ3) is 3.01. The van der Waals surface area contributed by atoms with Gasteiger partial charge in [0.1, 0.15) is 11.2 Å². The van der Waals surface area contributed by atoms with E-state index in [9.17, 15) is 0 Å². The molecule has 9 nitrogen and oxygen atoms in total. The number of rotatable bonds is 2. The van der Waals surface area contributed by atoms with Gasteiger partial charge in [0, 0.05) is 66.7 Å². The van der Waals surface area contributed by atoms with Crippen molar-refractivity contribution < 1.29 is 4.74 Å². The predicted octanol–water partition coefficient (Wildman–Crippen LogP) is 3.81. The molecule has 35 heavy (non-hydrogen) atoms. The number of benzene rings is 1. The Morgan fingerprint density at radius 3 is 2.74 bits per heavy atom. The van der Waals surface area contributed by atoms with E-state index >= 15 is 0 Å². The van der Waals surface area contributed by atoms with Gasteiger partial charge < -0.3 is 20.4 Å². The lowest BCUT2D eigenvalue weighted by atomic mass is 9.73. The minimum Gasteiger partial charge on any atom is -0.376 e. The molecule has 0 aliphatic carbocycles. The van der Waals surface area contributed by atoms with E-state index in [4.69, 9.17) is 32.0 Å². The summed E-state index contributed by atoms with van der Waals surface area (Å²) in [5, 5.41) is 1.49. The number of H-pyrrole nitrogens is 1. The first kappa shape index (κ1) is 21.0. The van der Waals surface area contributed by atoms with Gasteiger partial charge in [0.2, 0.25) is 5.95 Å². The van der Waals surface area contributed by atoms with Crippen LogP contribution in [0.2, 0.25) is 5.02 Å². The molecule has 0 unspecified atom stereocenters. The van der Waals surface area contributed by atoms with Gasteiger partial charge >= 0.3 is 0 Å². The highest BCUT2D eigenvalue weighted by atomic mass is 35.5. The number of piperidine rings is 1. The van der Waals surface area contributed by atoms with Gasteiger partial charge in [0.15, 0.2) is 5.65 Å². The van der Waals surface area contributed by atoms with Crippen molar-refractivity contribution in [3.63, 3.8) is 0 Å². The van der Waals surface area contributed by atoms with Gasteiger partial charge in [-0.15, -0.1) is 0 Å². The molecule has 1 spiro atoms. The number of aromatic nitrogens is 6. The summed E-state index contributed by atoms with van der Waals surface area (Å²) in [6.07, 6.45) is 11.1. The van der Waals surface area contributed by atoms with Crippen LogP contribution in [0.3, 0.4) is 0 Å². The Hall–Kier alpha value is -3.27. The second-order valence-electron chi connectivity index (χ2n) is 9.70. The van der Waals surface area contributed by atoms with E-state index in [1.165, 1.54) is 0 Å². The van der Waals surface area contributed by atoms with Crippen LogP contribution in [-0.4, -0.2) is 61.2 Å². The van der Waals surface area contributed by atoms with Crippen molar-refractivity contribution in [3.05, 3.63) is 48.1 Å². The fourth-order valence-corrected chi connectivity index (χ4v) is 6.11. The first-order valence-corrected chi connectivity index (χ1v) is 12.3. The van der Waals surface area contributed by atoms with Crippen molar-refractivity contribution in [2.24, 2.45) is 11.1 Å². The van der Waals surface area contributed by atoms with Crippen LogP contribution < -0.4 is 10.6 Å². The van der Waals surface area contributed by atoms with Crippen LogP contribution in [-0.2, 0) is 4.74 Å². The number of hydrogen-bond donors (Lipinski definition) is 2. The maximum Gasteiger partial charge on any atom is 0.213 e. The second-order valence-corrected chi connectivity index (χ2v) is 10.1. The Balaban J connectivity index is 1.31. The van der Waals surface area contributed by atoms with Gasteiger partial charge in [-0.1, -0.05) is 17.7 Å². The van der Waals surface area contributed by atoms with Crippen molar-refractivity contribution in [1.82, 2.24) is 29.3 Å². The lowest BCUT2D eigenvalue weighted by molar-refractivity contribution is 0.0973. The molecule has 0 bridgehead atoms. The molecular weight excluding hydrogens is 464 g/mol. The molecule has 2 fully saturated rings. The predicted molar refractivity (Wildman–Crippen MR) is 136 cm³/mol. The summed E-state index contributed by atoms with van der Waals surface area (Å²) in [4.78, 5) is 24.2. The van der Waals surface area contributed by atoms with Crippen molar-refractivity contribution in [3.8, 4) is 11.1 Å². The molecule has 2 atom stereocenters. The largest absolute Gasteiger partial charge is 0.376 e. The van der Waals surface area contributed by atoms with Gasteiger partial charge in [-0.3, -0.25) is 14.4 Å². The normalized spacial score (nSPS) is 22.2.